The van der Waals surface area contributed by atoms with E-state index in [-0.39, 0.29) is 17.9 Å². The van der Waals surface area contributed by atoms with Crippen molar-refractivity contribution >= 4 is 17.8 Å². The highest BCUT2D eigenvalue weighted by atomic mass is 16.4. The zero-order valence-corrected chi connectivity index (χ0v) is 10.1. The fraction of sp³-hybridized carbons (Fsp3) is 0.750. The van der Waals surface area contributed by atoms with Crippen LogP contribution in [0.1, 0.15) is 38.5 Å². The number of hydrogen-bond donors (Lipinski definition) is 3. The maximum atomic E-state index is 11.9. The summed E-state index contributed by atoms with van der Waals surface area (Å²) in [4.78, 5) is 34.0. The molecule has 100 valence electrons. The molecule has 2 rings (SSSR count). The first-order chi connectivity index (χ1) is 8.58. The molecule has 0 aromatic heterocycles. The molecule has 2 fully saturated rings. The van der Waals surface area contributed by atoms with E-state index in [1.807, 2.05) is 0 Å². The lowest BCUT2D eigenvalue weighted by Crippen LogP contribution is -2.50. The van der Waals surface area contributed by atoms with Crippen molar-refractivity contribution in [2.45, 2.75) is 50.6 Å². The Morgan fingerprint density at radius 2 is 1.94 bits per heavy atom. The van der Waals surface area contributed by atoms with Crippen LogP contribution in [0.25, 0.3) is 0 Å². The van der Waals surface area contributed by atoms with Gasteiger partial charge in [0.15, 0.2) is 0 Å². The summed E-state index contributed by atoms with van der Waals surface area (Å²) in [6, 6.07) is -0.796. The van der Waals surface area contributed by atoms with Crippen LogP contribution in [-0.4, -0.2) is 35.0 Å². The van der Waals surface area contributed by atoms with Crippen LogP contribution in [0.5, 0.6) is 0 Å². The minimum atomic E-state index is -0.851. The van der Waals surface area contributed by atoms with Crippen LogP contribution in [-0.2, 0) is 14.4 Å². The van der Waals surface area contributed by atoms with Crippen LogP contribution in [0.3, 0.4) is 0 Å². The van der Waals surface area contributed by atoms with E-state index in [4.69, 9.17) is 5.11 Å². The Balaban J connectivity index is 1.92. The molecule has 1 saturated heterocycles. The summed E-state index contributed by atoms with van der Waals surface area (Å²) in [5, 5.41) is 14.5. The lowest BCUT2D eigenvalue weighted by molar-refractivity contribution is -0.144. The van der Waals surface area contributed by atoms with Gasteiger partial charge >= 0.3 is 5.97 Å². The molecule has 3 N–H and O–H groups in total. The number of amides is 2. The number of carboxylic acids is 1. The van der Waals surface area contributed by atoms with E-state index in [1.54, 1.807) is 0 Å². The average Bonchev–Trinajstić information content (AvgIpc) is 2.76. The van der Waals surface area contributed by atoms with Crippen molar-refractivity contribution < 1.29 is 19.5 Å². The molecular weight excluding hydrogens is 236 g/mol. The number of carboxylic acid groups (broad SMARTS) is 1. The summed E-state index contributed by atoms with van der Waals surface area (Å²) in [5.74, 6) is -1.72. The number of aliphatic carboxylic acids is 1. The molecule has 6 nitrogen and oxygen atoms in total. The van der Waals surface area contributed by atoms with Gasteiger partial charge < -0.3 is 15.7 Å². The molecular formula is C12H18N2O4. The number of carbonyl (C=O) groups excluding carboxylic acids is 2. The largest absolute Gasteiger partial charge is 0.481 e. The van der Waals surface area contributed by atoms with Gasteiger partial charge in [0.05, 0.1) is 5.92 Å². The Morgan fingerprint density at radius 1 is 1.22 bits per heavy atom. The minimum absolute atomic E-state index is 0.117. The van der Waals surface area contributed by atoms with Crippen molar-refractivity contribution in [1.82, 2.24) is 10.6 Å². The van der Waals surface area contributed by atoms with E-state index in [0.717, 1.165) is 12.8 Å². The summed E-state index contributed by atoms with van der Waals surface area (Å²) >= 11 is 0. The van der Waals surface area contributed by atoms with E-state index in [1.165, 1.54) is 0 Å². The molecule has 0 radical (unpaired) electrons. The van der Waals surface area contributed by atoms with Gasteiger partial charge in [0.2, 0.25) is 11.8 Å². The van der Waals surface area contributed by atoms with Gasteiger partial charge in [-0.15, -0.1) is 0 Å². The molecule has 2 aliphatic rings. The van der Waals surface area contributed by atoms with Crippen LogP contribution in [0.4, 0.5) is 0 Å². The van der Waals surface area contributed by atoms with Crippen LogP contribution in [0.2, 0.25) is 0 Å². The number of nitrogens with one attached hydrogen (secondary N) is 2. The lowest BCUT2D eigenvalue weighted by Gasteiger charge is -2.30. The topological polar surface area (TPSA) is 95.5 Å². The maximum Gasteiger partial charge on any atom is 0.308 e. The quantitative estimate of drug-likeness (QED) is 0.662. The van der Waals surface area contributed by atoms with Gasteiger partial charge in [0.25, 0.3) is 0 Å². The zero-order chi connectivity index (χ0) is 13.1. The monoisotopic (exact) mass is 254 g/mol. The van der Waals surface area contributed by atoms with Gasteiger partial charge in [-0.1, -0.05) is 12.8 Å². The number of rotatable bonds is 3. The fourth-order valence-corrected chi connectivity index (χ4v) is 2.69. The molecule has 3 atom stereocenters. The molecule has 0 aromatic carbocycles. The Morgan fingerprint density at radius 3 is 2.56 bits per heavy atom. The predicted octanol–water partition coefficient (Wildman–Crippen LogP) is 0.0246. The molecule has 0 aromatic rings. The third-order valence-electron chi connectivity index (χ3n) is 3.72. The second-order valence-electron chi connectivity index (χ2n) is 5.00. The molecule has 0 bridgehead atoms. The first-order valence-corrected chi connectivity index (χ1v) is 6.40. The van der Waals surface area contributed by atoms with Gasteiger partial charge in [-0.3, -0.25) is 14.4 Å². The van der Waals surface area contributed by atoms with Crippen molar-refractivity contribution in [3.8, 4) is 0 Å². The van der Waals surface area contributed by atoms with E-state index in [2.05, 4.69) is 10.6 Å². The van der Waals surface area contributed by atoms with Crippen LogP contribution >= 0.6 is 0 Å². The van der Waals surface area contributed by atoms with Gasteiger partial charge in [-0.05, 0) is 19.3 Å². The van der Waals surface area contributed by atoms with Gasteiger partial charge in [-0.2, -0.15) is 0 Å². The molecule has 1 heterocycles. The third kappa shape index (κ3) is 2.80. The van der Waals surface area contributed by atoms with Gasteiger partial charge in [0.1, 0.15) is 6.04 Å². The predicted molar refractivity (Wildman–Crippen MR) is 62.7 cm³/mol. The van der Waals surface area contributed by atoms with Gasteiger partial charge in [0, 0.05) is 12.5 Å². The molecule has 1 aliphatic carbocycles. The van der Waals surface area contributed by atoms with Crippen LogP contribution < -0.4 is 10.6 Å². The minimum Gasteiger partial charge on any atom is -0.481 e. The van der Waals surface area contributed by atoms with E-state index < -0.39 is 17.9 Å². The fourth-order valence-electron chi connectivity index (χ4n) is 2.69. The van der Waals surface area contributed by atoms with Crippen LogP contribution in [0, 0.1) is 5.92 Å². The second-order valence-corrected chi connectivity index (χ2v) is 5.00. The summed E-state index contributed by atoms with van der Waals surface area (Å²) in [6.45, 7) is 0. The van der Waals surface area contributed by atoms with Crippen molar-refractivity contribution in [2.24, 2.45) is 5.92 Å². The van der Waals surface area contributed by atoms with Crippen molar-refractivity contribution in [3.05, 3.63) is 0 Å². The van der Waals surface area contributed by atoms with E-state index >= 15 is 0 Å². The molecule has 2 amide bonds. The first-order valence-electron chi connectivity index (χ1n) is 6.40. The van der Waals surface area contributed by atoms with E-state index in [9.17, 15) is 14.4 Å². The molecule has 3 unspecified atom stereocenters. The molecule has 0 spiro atoms. The van der Waals surface area contributed by atoms with Crippen molar-refractivity contribution in [2.75, 3.05) is 0 Å². The smallest absolute Gasteiger partial charge is 0.308 e. The summed E-state index contributed by atoms with van der Waals surface area (Å²) < 4.78 is 0. The third-order valence-corrected chi connectivity index (χ3v) is 3.72. The normalized spacial score (nSPS) is 31.8. The zero-order valence-electron chi connectivity index (χ0n) is 10.1. The molecule has 1 saturated carbocycles. The van der Waals surface area contributed by atoms with Crippen molar-refractivity contribution in [3.63, 3.8) is 0 Å². The molecule has 1 aliphatic heterocycles. The first kappa shape index (κ1) is 12.9. The summed E-state index contributed by atoms with van der Waals surface area (Å²) in [6.07, 6.45) is 4.00. The molecule has 18 heavy (non-hydrogen) atoms. The Labute approximate surface area is 105 Å². The summed E-state index contributed by atoms with van der Waals surface area (Å²) in [5.41, 5.74) is 0. The highest BCUT2D eigenvalue weighted by molar-refractivity contribution is 5.91. The average molecular weight is 254 g/mol. The highest BCUT2D eigenvalue weighted by Gasteiger charge is 2.34. The molecule has 6 heteroatoms. The number of hydrogen-bond acceptors (Lipinski definition) is 3. The Kier molecular flexibility index (Phi) is 3.84. The maximum absolute atomic E-state index is 11.9. The van der Waals surface area contributed by atoms with Gasteiger partial charge in [-0.25, -0.2) is 0 Å². The van der Waals surface area contributed by atoms with Crippen molar-refractivity contribution in [1.29, 1.82) is 0 Å². The summed E-state index contributed by atoms with van der Waals surface area (Å²) in [7, 11) is 0. The standard InChI is InChI=1S/C12H18N2O4/c15-10-6-5-9(13-10)11(16)14-8-4-2-1-3-7(8)12(17)18/h7-9H,1-6H2,(H,13,15)(H,14,16)(H,17,18). The Hall–Kier alpha value is -1.59. The lowest BCUT2D eigenvalue weighted by atomic mass is 9.84. The van der Waals surface area contributed by atoms with E-state index in [0.29, 0.717) is 25.7 Å². The highest BCUT2D eigenvalue weighted by Crippen LogP contribution is 2.25. The number of carbonyl (C=O) groups is 3. The Bertz CT molecular complexity index is 369. The van der Waals surface area contributed by atoms with Crippen LogP contribution in [0.15, 0.2) is 0 Å². The second kappa shape index (κ2) is 5.37. The SMILES string of the molecule is O=C1CCC(C(=O)NC2CCCCC2C(=O)O)N1.